The molecule has 0 fully saturated rings. The maximum Gasteiger partial charge on any atom is 0.224 e. The van der Waals surface area contributed by atoms with E-state index in [2.05, 4.69) is 17.5 Å². The first-order valence-corrected chi connectivity index (χ1v) is 7.41. The molecule has 120 valence electrons. The van der Waals surface area contributed by atoms with Crippen molar-refractivity contribution in [2.75, 3.05) is 21.3 Å². The number of methoxy groups -OCH3 is 3. The number of ether oxygens (including phenoxy) is 3. The molecular formula is C17H23NO4. The van der Waals surface area contributed by atoms with Gasteiger partial charge in [-0.3, -0.25) is 4.79 Å². The van der Waals surface area contributed by atoms with E-state index < -0.39 is 0 Å². The molecule has 1 amide bonds. The van der Waals surface area contributed by atoms with E-state index in [4.69, 9.17) is 14.2 Å². The van der Waals surface area contributed by atoms with E-state index in [0.29, 0.717) is 17.2 Å². The van der Waals surface area contributed by atoms with Gasteiger partial charge < -0.3 is 19.5 Å². The summed E-state index contributed by atoms with van der Waals surface area (Å²) in [5, 5.41) is 3.07. The summed E-state index contributed by atoms with van der Waals surface area (Å²) in [5.41, 5.74) is 0.832. The molecule has 22 heavy (non-hydrogen) atoms. The van der Waals surface area contributed by atoms with Crippen LogP contribution in [-0.2, 0) is 11.2 Å². The number of benzene rings is 1. The van der Waals surface area contributed by atoms with E-state index in [-0.39, 0.29) is 18.4 Å². The highest BCUT2D eigenvalue weighted by Gasteiger charge is 2.17. The van der Waals surface area contributed by atoms with Gasteiger partial charge in [-0.15, -0.1) is 0 Å². The lowest BCUT2D eigenvalue weighted by molar-refractivity contribution is -0.121. The summed E-state index contributed by atoms with van der Waals surface area (Å²) < 4.78 is 15.9. The first-order chi connectivity index (χ1) is 10.7. The van der Waals surface area contributed by atoms with Crippen LogP contribution in [0.25, 0.3) is 0 Å². The van der Waals surface area contributed by atoms with Crippen LogP contribution in [-0.4, -0.2) is 33.3 Å². The Morgan fingerprint density at radius 2 is 1.82 bits per heavy atom. The summed E-state index contributed by atoms with van der Waals surface area (Å²) in [6, 6.07) is 3.85. The van der Waals surface area contributed by atoms with Gasteiger partial charge >= 0.3 is 0 Å². The SMILES string of the molecule is COc1cc(CC(=O)N[C@H]2CC=CCC2)cc(OC)c1OC. The highest BCUT2D eigenvalue weighted by Crippen LogP contribution is 2.38. The molecule has 0 unspecified atom stereocenters. The number of amides is 1. The molecule has 0 aliphatic heterocycles. The van der Waals surface area contributed by atoms with Crippen LogP contribution >= 0.6 is 0 Å². The zero-order valence-electron chi connectivity index (χ0n) is 13.3. The van der Waals surface area contributed by atoms with E-state index in [0.717, 1.165) is 24.8 Å². The predicted molar refractivity (Wildman–Crippen MR) is 84.7 cm³/mol. The topological polar surface area (TPSA) is 56.8 Å². The Kier molecular flexibility index (Phi) is 5.69. The van der Waals surface area contributed by atoms with Crippen LogP contribution in [0.2, 0.25) is 0 Å². The second kappa shape index (κ2) is 7.73. The Balaban J connectivity index is 2.08. The summed E-state index contributed by atoms with van der Waals surface area (Å²) in [4.78, 5) is 12.2. The minimum Gasteiger partial charge on any atom is -0.493 e. The number of nitrogens with one attached hydrogen (secondary N) is 1. The van der Waals surface area contributed by atoms with Crippen LogP contribution in [0.4, 0.5) is 0 Å². The summed E-state index contributed by atoms with van der Waals surface area (Å²) in [7, 11) is 4.69. The lowest BCUT2D eigenvalue weighted by Crippen LogP contribution is -2.36. The molecule has 0 bridgehead atoms. The molecule has 0 saturated heterocycles. The number of hydrogen-bond acceptors (Lipinski definition) is 4. The van der Waals surface area contributed by atoms with E-state index in [1.807, 2.05) is 12.1 Å². The third kappa shape index (κ3) is 3.93. The van der Waals surface area contributed by atoms with Gasteiger partial charge in [-0.1, -0.05) is 12.2 Å². The van der Waals surface area contributed by atoms with Crippen molar-refractivity contribution < 1.29 is 19.0 Å². The zero-order valence-corrected chi connectivity index (χ0v) is 13.3. The summed E-state index contributed by atoms with van der Waals surface area (Å²) in [6.45, 7) is 0. The highest BCUT2D eigenvalue weighted by molar-refractivity contribution is 5.79. The fraction of sp³-hybridized carbons (Fsp3) is 0.471. The summed E-state index contributed by atoms with van der Waals surface area (Å²) in [6.07, 6.45) is 7.49. The third-order valence-electron chi connectivity index (χ3n) is 3.72. The predicted octanol–water partition coefficient (Wildman–Crippen LogP) is 2.48. The molecule has 1 aliphatic rings. The molecule has 1 aliphatic carbocycles. The van der Waals surface area contributed by atoms with Gasteiger partial charge in [0.1, 0.15) is 0 Å². The largest absolute Gasteiger partial charge is 0.493 e. The van der Waals surface area contributed by atoms with Gasteiger partial charge in [0.2, 0.25) is 11.7 Å². The molecule has 1 atom stereocenters. The minimum absolute atomic E-state index is 0.00886. The summed E-state index contributed by atoms with van der Waals surface area (Å²) >= 11 is 0. The molecule has 0 radical (unpaired) electrons. The van der Waals surface area contributed by atoms with Crippen molar-refractivity contribution in [3.05, 3.63) is 29.8 Å². The van der Waals surface area contributed by atoms with E-state index >= 15 is 0 Å². The molecule has 0 spiro atoms. The second-order valence-electron chi connectivity index (χ2n) is 5.26. The van der Waals surface area contributed by atoms with Gasteiger partial charge in [-0.2, -0.15) is 0 Å². The van der Waals surface area contributed by atoms with E-state index in [9.17, 15) is 4.79 Å². The van der Waals surface area contributed by atoms with Gasteiger partial charge in [-0.25, -0.2) is 0 Å². The fourth-order valence-electron chi connectivity index (χ4n) is 2.63. The standard InChI is InChI=1S/C17H23NO4/c1-20-14-9-12(10-15(21-2)17(14)22-3)11-16(19)18-13-7-5-4-6-8-13/h4-5,9-10,13H,6-8,11H2,1-3H3,(H,18,19)/t13-/m0/s1. The lowest BCUT2D eigenvalue weighted by Gasteiger charge is -2.19. The Morgan fingerprint density at radius 1 is 1.14 bits per heavy atom. The molecule has 0 aromatic heterocycles. The minimum atomic E-state index is 0.00886. The highest BCUT2D eigenvalue weighted by atomic mass is 16.5. The Hall–Kier alpha value is -2.17. The number of hydrogen-bond donors (Lipinski definition) is 1. The van der Waals surface area contributed by atoms with E-state index in [1.165, 1.54) is 0 Å². The first kappa shape index (κ1) is 16.2. The monoisotopic (exact) mass is 305 g/mol. The zero-order chi connectivity index (χ0) is 15.9. The van der Waals surface area contributed by atoms with Gasteiger partial charge in [0.05, 0.1) is 27.8 Å². The molecule has 0 heterocycles. The van der Waals surface area contributed by atoms with Gasteiger partial charge in [0.25, 0.3) is 0 Å². The van der Waals surface area contributed by atoms with Gasteiger partial charge in [0, 0.05) is 6.04 Å². The number of allylic oxidation sites excluding steroid dienone is 1. The summed E-state index contributed by atoms with van der Waals surface area (Å²) in [5.74, 6) is 1.66. The Morgan fingerprint density at radius 3 is 2.32 bits per heavy atom. The third-order valence-corrected chi connectivity index (χ3v) is 3.72. The van der Waals surface area contributed by atoms with Crippen molar-refractivity contribution in [1.82, 2.24) is 5.32 Å². The first-order valence-electron chi connectivity index (χ1n) is 7.41. The van der Waals surface area contributed by atoms with Crippen LogP contribution in [0, 0.1) is 0 Å². The van der Waals surface area contributed by atoms with Crippen molar-refractivity contribution >= 4 is 5.91 Å². The van der Waals surface area contributed by atoms with Crippen molar-refractivity contribution in [1.29, 1.82) is 0 Å². The Bertz CT molecular complexity index is 529. The molecular weight excluding hydrogens is 282 g/mol. The van der Waals surface area contributed by atoms with E-state index in [1.54, 1.807) is 21.3 Å². The van der Waals surface area contributed by atoms with Crippen LogP contribution in [0.3, 0.4) is 0 Å². The molecule has 2 rings (SSSR count). The van der Waals surface area contributed by atoms with Crippen LogP contribution < -0.4 is 19.5 Å². The van der Waals surface area contributed by atoms with Gasteiger partial charge in [0.15, 0.2) is 11.5 Å². The van der Waals surface area contributed by atoms with Gasteiger partial charge in [-0.05, 0) is 37.0 Å². The molecule has 0 saturated carbocycles. The second-order valence-corrected chi connectivity index (χ2v) is 5.26. The average molecular weight is 305 g/mol. The fourth-order valence-corrected chi connectivity index (χ4v) is 2.63. The Labute approximate surface area is 131 Å². The molecule has 5 nitrogen and oxygen atoms in total. The number of carbonyl (C=O) groups is 1. The van der Waals surface area contributed by atoms with Crippen LogP contribution in [0.15, 0.2) is 24.3 Å². The van der Waals surface area contributed by atoms with Crippen LogP contribution in [0.5, 0.6) is 17.2 Å². The molecule has 5 heteroatoms. The lowest BCUT2D eigenvalue weighted by atomic mass is 10.0. The average Bonchev–Trinajstić information content (AvgIpc) is 2.54. The van der Waals surface area contributed by atoms with Crippen molar-refractivity contribution in [3.8, 4) is 17.2 Å². The number of rotatable bonds is 6. The normalized spacial score (nSPS) is 17.0. The molecule has 1 aromatic carbocycles. The maximum absolute atomic E-state index is 12.2. The number of carbonyl (C=O) groups excluding carboxylic acids is 1. The molecule has 1 aromatic rings. The quantitative estimate of drug-likeness (QED) is 0.820. The smallest absolute Gasteiger partial charge is 0.224 e. The maximum atomic E-state index is 12.2. The van der Waals surface area contributed by atoms with Crippen molar-refractivity contribution in [3.63, 3.8) is 0 Å². The van der Waals surface area contributed by atoms with Crippen molar-refractivity contribution in [2.24, 2.45) is 0 Å². The van der Waals surface area contributed by atoms with Crippen LogP contribution in [0.1, 0.15) is 24.8 Å². The van der Waals surface area contributed by atoms with Crippen molar-refractivity contribution in [2.45, 2.75) is 31.7 Å². The molecule has 1 N–H and O–H groups in total.